The summed E-state index contributed by atoms with van der Waals surface area (Å²) < 4.78 is 2.15. The number of aryl methyl sites for hydroxylation is 2. The molecule has 0 bridgehead atoms. The molecule has 23 heavy (non-hydrogen) atoms. The maximum atomic E-state index is 4.75. The summed E-state index contributed by atoms with van der Waals surface area (Å²) in [6, 6.07) is 17.1. The average molecular weight is 301 g/mol. The quantitative estimate of drug-likeness (QED) is 0.542. The standard InChI is InChI=1S/C20H19N3/c1-13(15-8-9-19-16(12-15)10-11-23(19)3)20-17-6-4-5-7-18(17)21-14(2)22-20/h4-13H,1-3H3. The summed E-state index contributed by atoms with van der Waals surface area (Å²) in [4.78, 5) is 9.30. The first-order chi connectivity index (χ1) is 11.1. The van der Waals surface area contributed by atoms with E-state index in [4.69, 9.17) is 4.98 Å². The number of aromatic nitrogens is 3. The number of fused-ring (bicyclic) bond motifs is 2. The van der Waals surface area contributed by atoms with Crippen LogP contribution in [-0.4, -0.2) is 14.5 Å². The average Bonchev–Trinajstić information content (AvgIpc) is 2.94. The summed E-state index contributed by atoms with van der Waals surface area (Å²) in [5.41, 5.74) is 4.66. The van der Waals surface area contributed by atoms with Crippen LogP contribution in [-0.2, 0) is 7.05 Å². The third-order valence-corrected chi connectivity index (χ3v) is 4.56. The molecule has 0 aliphatic heterocycles. The maximum Gasteiger partial charge on any atom is 0.126 e. The van der Waals surface area contributed by atoms with Gasteiger partial charge in [-0.25, -0.2) is 9.97 Å². The Bertz CT molecular complexity index is 1010. The highest BCUT2D eigenvalue weighted by Gasteiger charge is 2.15. The van der Waals surface area contributed by atoms with Gasteiger partial charge in [-0.2, -0.15) is 0 Å². The van der Waals surface area contributed by atoms with Crippen LogP contribution in [0.5, 0.6) is 0 Å². The van der Waals surface area contributed by atoms with Crippen molar-refractivity contribution in [2.75, 3.05) is 0 Å². The van der Waals surface area contributed by atoms with Crippen LogP contribution in [0.1, 0.15) is 29.9 Å². The Morgan fingerprint density at radius 1 is 1.00 bits per heavy atom. The zero-order valence-electron chi connectivity index (χ0n) is 13.6. The molecule has 2 heterocycles. The molecule has 4 aromatic rings. The minimum Gasteiger partial charge on any atom is -0.351 e. The highest BCUT2D eigenvalue weighted by atomic mass is 14.9. The lowest BCUT2D eigenvalue weighted by Crippen LogP contribution is -2.03. The predicted octanol–water partition coefficient (Wildman–Crippen LogP) is 4.58. The molecular formula is C20H19N3. The first kappa shape index (κ1) is 13.9. The van der Waals surface area contributed by atoms with E-state index < -0.39 is 0 Å². The molecule has 0 saturated carbocycles. The normalized spacial score (nSPS) is 12.8. The highest BCUT2D eigenvalue weighted by molar-refractivity contribution is 5.83. The topological polar surface area (TPSA) is 30.7 Å². The molecule has 0 amide bonds. The van der Waals surface area contributed by atoms with Gasteiger partial charge in [0.1, 0.15) is 5.82 Å². The Kier molecular flexibility index (Phi) is 3.15. The van der Waals surface area contributed by atoms with Crippen LogP contribution in [0.15, 0.2) is 54.7 Å². The van der Waals surface area contributed by atoms with Gasteiger partial charge < -0.3 is 4.57 Å². The number of rotatable bonds is 2. The first-order valence-corrected chi connectivity index (χ1v) is 7.92. The molecule has 0 radical (unpaired) electrons. The fraction of sp³-hybridized carbons (Fsp3) is 0.200. The van der Waals surface area contributed by atoms with Gasteiger partial charge in [-0.05, 0) is 42.1 Å². The van der Waals surface area contributed by atoms with Crippen molar-refractivity contribution >= 4 is 21.8 Å². The van der Waals surface area contributed by atoms with Gasteiger partial charge in [0.15, 0.2) is 0 Å². The lowest BCUT2D eigenvalue weighted by atomic mass is 9.94. The van der Waals surface area contributed by atoms with Crippen LogP contribution in [0, 0.1) is 6.92 Å². The molecule has 3 nitrogen and oxygen atoms in total. The number of para-hydroxylation sites is 1. The van der Waals surface area contributed by atoms with E-state index in [1.54, 1.807) is 0 Å². The van der Waals surface area contributed by atoms with Gasteiger partial charge in [-0.1, -0.05) is 31.2 Å². The lowest BCUT2D eigenvalue weighted by Gasteiger charge is -2.15. The zero-order chi connectivity index (χ0) is 16.0. The molecule has 2 aromatic heterocycles. The number of hydrogen-bond donors (Lipinski definition) is 0. The summed E-state index contributed by atoms with van der Waals surface area (Å²) in [6.45, 7) is 4.18. The van der Waals surface area contributed by atoms with E-state index in [1.807, 2.05) is 13.0 Å². The Balaban J connectivity index is 1.88. The van der Waals surface area contributed by atoms with E-state index in [1.165, 1.54) is 16.5 Å². The van der Waals surface area contributed by atoms with Crippen LogP contribution in [0.2, 0.25) is 0 Å². The van der Waals surface area contributed by atoms with Gasteiger partial charge in [0.25, 0.3) is 0 Å². The van der Waals surface area contributed by atoms with Crippen LogP contribution in [0.25, 0.3) is 21.8 Å². The van der Waals surface area contributed by atoms with E-state index in [-0.39, 0.29) is 5.92 Å². The van der Waals surface area contributed by atoms with E-state index in [0.717, 1.165) is 22.4 Å². The Morgan fingerprint density at radius 2 is 1.83 bits per heavy atom. The summed E-state index contributed by atoms with van der Waals surface area (Å²) in [5, 5.41) is 2.41. The Labute approximate surface area is 135 Å². The highest BCUT2D eigenvalue weighted by Crippen LogP contribution is 2.30. The van der Waals surface area contributed by atoms with Crippen molar-refractivity contribution < 1.29 is 0 Å². The van der Waals surface area contributed by atoms with Crippen LogP contribution in [0.4, 0.5) is 0 Å². The summed E-state index contributed by atoms with van der Waals surface area (Å²) in [5.74, 6) is 1.05. The fourth-order valence-electron chi connectivity index (χ4n) is 3.28. The maximum absolute atomic E-state index is 4.75. The molecular weight excluding hydrogens is 282 g/mol. The Hall–Kier alpha value is -2.68. The van der Waals surface area contributed by atoms with Gasteiger partial charge in [-0.3, -0.25) is 0 Å². The van der Waals surface area contributed by atoms with E-state index in [0.29, 0.717) is 0 Å². The summed E-state index contributed by atoms with van der Waals surface area (Å²) in [6.07, 6.45) is 2.10. The second kappa shape index (κ2) is 5.20. The second-order valence-corrected chi connectivity index (χ2v) is 6.14. The molecule has 0 spiro atoms. The third kappa shape index (κ3) is 2.29. The lowest BCUT2D eigenvalue weighted by molar-refractivity contribution is 0.862. The molecule has 2 aromatic carbocycles. The SMILES string of the molecule is Cc1nc(C(C)c2ccc3c(ccn3C)c2)c2ccccc2n1. The van der Waals surface area contributed by atoms with Crippen LogP contribution >= 0.6 is 0 Å². The molecule has 1 unspecified atom stereocenters. The van der Waals surface area contributed by atoms with E-state index in [2.05, 4.69) is 72.2 Å². The minimum atomic E-state index is 0.228. The molecule has 0 aliphatic carbocycles. The monoisotopic (exact) mass is 301 g/mol. The molecule has 3 heteroatoms. The van der Waals surface area contributed by atoms with Crippen molar-refractivity contribution in [2.45, 2.75) is 19.8 Å². The number of hydrogen-bond acceptors (Lipinski definition) is 2. The van der Waals surface area contributed by atoms with Crippen molar-refractivity contribution in [1.82, 2.24) is 14.5 Å². The zero-order valence-corrected chi connectivity index (χ0v) is 13.6. The van der Waals surface area contributed by atoms with Gasteiger partial charge in [0, 0.05) is 30.1 Å². The molecule has 0 aliphatic rings. The largest absolute Gasteiger partial charge is 0.351 e. The minimum absolute atomic E-state index is 0.228. The van der Waals surface area contributed by atoms with E-state index in [9.17, 15) is 0 Å². The molecule has 4 rings (SSSR count). The van der Waals surface area contributed by atoms with Gasteiger partial charge in [0.05, 0.1) is 11.2 Å². The van der Waals surface area contributed by atoms with Crippen molar-refractivity contribution in [3.63, 3.8) is 0 Å². The molecule has 1 atom stereocenters. The third-order valence-electron chi connectivity index (χ3n) is 4.56. The van der Waals surface area contributed by atoms with Crippen molar-refractivity contribution in [3.05, 3.63) is 71.8 Å². The van der Waals surface area contributed by atoms with Gasteiger partial charge in [0.2, 0.25) is 0 Å². The molecule has 0 saturated heterocycles. The van der Waals surface area contributed by atoms with Gasteiger partial charge in [-0.15, -0.1) is 0 Å². The fourth-order valence-corrected chi connectivity index (χ4v) is 3.28. The second-order valence-electron chi connectivity index (χ2n) is 6.14. The van der Waals surface area contributed by atoms with Crippen molar-refractivity contribution in [1.29, 1.82) is 0 Å². The Morgan fingerprint density at radius 3 is 2.70 bits per heavy atom. The van der Waals surface area contributed by atoms with E-state index >= 15 is 0 Å². The molecule has 0 N–H and O–H groups in total. The number of nitrogens with zero attached hydrogens (tertiary/aromatic N) is 3. The first-order valence-electron chi connectivity index (χ1n) is 7.92. The van der Waals surface area contributed by atoms with Crippen LogP contribution < -0.4 is 0 Å². The van der Waals surface area contributed by atoms with Crippen molar-refractivity contribution in [2.24, 2.45) is 7.05 Å². The van der Waals surface area contributed by atoms with Crippen LogP contribution in [0.3, 0.4) is 0 Å². The molecule has 114 valence electrons. The summed E-state index contributed by atoms with van der Waals surface area (Å²) in [7, 11) is 2.08. The summed E-state index contributed by atoms with van der Waals surface area (Å²) >= 11 is 0. The van der Waals surface area contributed by atoms with Gasteiger partial charge >= 0.3 is 0 Å². The predicted molar refractivity (Wildman–Crippen MR) is 94.7 cm³/mol. The van der Waals surface area contributed by atoms with Crippen molar-refractivity contribution in [3.8, 4) is 0 Å². The smallest absolute Gasteiger partial charge is 0.126 e. The molecule has 0 fully saturated rings. The number of benzene rings is 2.